The van der Waals surface area contributed by atoms with E-state index in [1.807, 2.05) is 10.9 Å². The molecule has 2 rings (SSSR count). The molecule has 1 atom stereocenters. The van der Waals surface area contributed by atoms with Crippen LogP contribution in [0.1, 0.15) is 38.8 Å². The Labute approximate surface area is 122 Å². The fraction of sp³-hybridized carbons (Fsp3) is 0.800. The van der Waals surface area contributed by atoms with Crippen molar-refractivity contribution in [3.8, 4) is 0 Å². The van der Waals surface area contributed by atoms with Gasteiger partial charge < -0.3 is 5.73 Å². The zero-order valence-electron chi connectivity index (χ0n) is 13.1. The fourth-order valence-electron chi connectivity index (χ4n) is 2.96. The highest BCUT2D eigenvalue weighted by molar-refractivity contribution is 5.11. The average Bonchev–Trinajstić information content (AvgIpc) is 2.89. The third-order valence-corrected chi connectivity index (χ3v) is 4.23. The number of rotatable bonds is 6. The largest absolute Gasteiger partial charge is 0.329 e. The molecule has 1 aliphatic rings. The van der Waals surface area contributed by atoms with Gasteiger partial charge in [-0.25, -0.2) is 0 Å². The van der Waals surface area contributed by atoms with E-state index < -0.39 is 0 Å². The summed E-state index contributed by atoms with van der Waals surface area (Å²) in [4.78, 5) is 5.04. The first kappa shape index (κ1) is 15.5. The van der Waals surface area contributed by atoms with Crippen LogP contribution in [-0.2, 0) is 6.54 Å². The molecule has 0 spiro atoms. The monoisotopic (exact) mass is 279 g/mol. The summed E-state index contributed by atoms with van der Waals surface area (Å²) in [5, 5.41) is 4.44. The van der Waals surface area contributed by atoms with Crippen molar-refractivity contribution in [3.63, 3.8) is 0 Å². The van der Waals surface area contributed by atoms with E-state index in [0.717, 1.165) is 39.1 Å². The van der Waals surface area contributed by atoms with Crippen molar-refractivity contribution in [2.45, 2.75) is 45.8 Å². The molecule has 20 heavy (non-hydrogen) atoms. The second-order valence-electron chi connectivity index (χ2n) is 5.95. The average molecular weight is 279 g/mol. The first-order valence-electron chi connectivity index (χ1n) is 7.86. The van der Waals surface area contributed by atoms with Gasteiger partial charge in [-0.15, -0.1) is 0 Å². The highest BCUT2D eigenvalue weighted by Gasteiger charge is 2.25. The molecule has 1 aromatic rings. The van der Waals surface area contributed by atoms with Crippen LogP contribution in [0, 0.1) is 0 Å². The van der Waals surface area contributed by atoms with Crippen molar-refractivity contribution in [3.05, 3.63) is 18.0 Å². The van der Waals surface area contributed by atoms with Crippen LogP contribution in [0.4, 0.5) is 0 Å². The molecule has 114 valence electrons. The Balaban J connectivity index is 1.98. The summed E-state index contributed by atoms with van der Waals surface area (Å²) in [7, 11) is 0. The summed E-state index contributed by atoms with van der Waals surface area (Å²) in [6, 6.07) is 0.954. The maximum absolute atomic E-state index is 6.02. The Morgan fingerprint density at radius 2 is 1.85 bits per heavy atom. The lowest BCUT2D eigenvalue weighted by molar-refractivity contribution is 0.0802. The molecular formula is C15H29N5. The van der Waals surface area contributed by atoms with Crippen LogP contribution in [0.3, 0.4) is 0 Å². The van der Waals surface area contributed by atoms with Crippen molar-refractivity contribution in [2.75, 3.05) is 32.7 Å². The van der Waals surface area contributed by atoms with Crippen LogP contribution < -0.4 is 5.73 Å². The summed E-state index contributed by atoms with van der Waals surface area (Å²) in [6.07, 6.45) is 5.26. The lowest BCUT2D eigenvalue weighted by atomic mass is 10.1. The number of piperazine rings is 1. The van der Waals surface area contributed by atoms with Gasteiger partial charge in [0.1, 0.15) is 0 Å². The van der Waals surface area contributed by atoms with Gasteiger partial charge in [0.05, 0.1) is 12.2 Å². The van der Waals surface area contributed by atoms with Crippen LogP contribution in [0.15, 0.2) is 12.4 Å². The van der Waals surface area contributed by atoms with Gasteiger partial charge in [0.15, 0.2) is 0 Å². The van der Waals surface area contributed by atoms with E-state index in [-0.39, 0.29) is 0 Å². The molecule has 1 aromatic heterocycles. The van der Waals surface area contributed by atoms with Crippen molar-refractivity contribution in [1.82, 2.24) is 19.6 Å². The molecule has 0 saturated carbocycles. The van der Waals surface area contributed by atoms with Crippen LogP contribution in [0.2, 0.25) is 0 Å². The van der Waals surface area contributed by atoms with Gasteiger partial charge in [-0.05, 0) is 20.3 Å². The summed E-state index contributed by atoms with van der Waals surface area (Å²) in [6.45, 7) is 12.8. The van der Waals surface area contributed by atoms with E-state index in [1.165, 1.54) is 5.56 Å². The zero-order valence-corrected chi connectivity index (χ0v) is 13.1. The Morgan fingerprint density at radius 3 is 2.40 bits per heavy atom. The number of hydrogen-bond donors (Lipinski definition) is 1. The number of nitrogens with two attached hydrogens (primary N) is 1. The van der Waals surface area contributed by atoms with E-state index in [9.17, 15) is 0 Å². The third-order valence-electron chi connectivity index (χ3n) is 4.23. The molecule has 0 bridgehead atoms. The lowest BCUT2D eigenvalue weighted by Gasteiger charge is -2.40. The molecule has 1 fully saturated rings. The Hall–Kier alpha value is -0.910. The van der Waals surface area contributed by atoms with Gasteiger partial charge in [0.25, 0.3) is 0 Å². The van der Waals surface area contributed by atoms with E-state index >= 15 is 0 Å². The molecule has 0 radical (unpaired) electrons. The van der Waals surface area contributed by atoms with Crippen molar-refractivity contribution >= 4 is 0 Å². The lowest BCUT2D eigenvalue weighted by Crippen LogP contribution is -2.50. The summed E-state index contributed by atoms with van der Waals surface area (Å²) < 4.78 is 2.03. The minimum absolute atomic E-state index is 0.315. The maximum Gasteiger partial charge on any atom is 0.0538 e. The van der Waals surface area contributed by atoms with Gasteiger partial charge in [-0.1, -0.05) is 6.92 Å². The Kier molecular flexibility index (Phi) is 5.57. The molecule has 5 nitrogen and oxygen atoms in total. The maximum atomic E-state index is 6.02. The number of aryl methyl sites for hydroxylation is 1. The van der Waals surface area contributed by atoms with Crippen molar-refractivity contribution in [1.29, 1.82) is 0 Å². The van der Waals surface area contributed by atoms with E-state index in [1.54, 1.807) is 0 Å². The zero-order chi connectivity index (χ0) is 14.5. The highest BCUT2D eigenvalue weighted by Crippen LogP contribution is 2.21. The summed E-state index contributed by atoms with van der Waals surface area (Å²) in [5.74, 6) is 0. The van der Waals surface area contributed by atoms with Gasteiger partial charge in [-0.2, -0.15) is 5.10 Å². The van der Waals surface area contributed by atoms with E-state index in [0.29, 0.717) is 18.6 Å². The van der Waals surface area contributed by atoms with Crippen LogP contribution in [0.25, 0.3) is 0 Å². The quantitative estimate of drug-likeness (QED) is 0.853. The highest BCUT2D eigenvalue weighted by atomic mass is 15.3. The van der Waals surface area contributed by atoms with Crippen LogP contribution in [-0.4, -0.2) is 58.3 Å². The summed E-state index contributed by atoms with van der Waals surface area (Å²) >= 11 is 0. The number of nitrogens with zero attached hydrogens (tertiary/aromatic N) is 4. The molecule has 1 unspecified atom stereocenters. The molecular weight excluding hydrogens is 250 g/mol. The van der Waals surface area contributed by atoms with E-state index in [4.69, 9.17) is 5.73 Å². The molecule has 5 heteroatoms. The van der Waals surface area contributed by atoms with Crippen LogP contribution in [0.5, 0.6) is 0 Å². The van der Waals surface area contributed by atoms with Gasteiger partial charge in [0, 0.05) is 57.1 Å². The molecule has 2 N–H and O–H groups in total. The normalized spacial score (nSPS) is 19.6. The molecule has 2 heterocycles. The Bertz CT molecular complexity index is 393. The minimum Gasteiger partial charge on any atom is -0.329 e. The van der Waals surface area contributed by atoms with Crippen LogP contribution >= 0.6 is 0 Å². The SMILES string of the molecule is CCCn1cc(C(CN)N2CCN(C(C)C)CC2)cn1. The molecule has 1 saturated heterocycles. The summed E-state index contributed by atoms with van der Waals surface area (Å²) in [5.41, 5.74) is 7.28. The standard InChI is InChI=1S/C15H29N5/c1-4-5-20-12-14(11-17-20)15(10-16)19-8-6-18(7-9-19)13(2)3/h11-13,15H,4-10,16H2,1-3H3. The van der Waals surface area contributed by atoms with E-state index in [2.05, 4.69) is 41.9 Å². The molecule has 0 aromatic carbocycles. The van der Waals surface area contributed by atoms with Gasteiger partial charge in [-0.3, -0.25) is 14.5 Å². The smallest absolute Gasteiger partial charge is 0.0538 e. The second-order valence-corrected chi connectivity index (χ2v) is 5.95. The fourth-order valence-corrected chi connectivity index (χ4v) is 2.96. The molecule has 0 aliphatic carbocycles. The topological polar surface area (TPSA) is 50.3 Å². The Morgan fingerprint density at radius 1 is 1.20 bits per heavy atom. The van der Waals surface area contributed by atoms with Gasteiger partial charge in [0.2, 0.25) is 0 Å². The van der Waals surface area contributed by atoms with Crippen molar-refractivity contribution in [2.24, 2.45) is 5.73 Å². The minimum atomic E-state index is 0.315. The first-order valence-corrected chi connectivity index (χ1v) is 7.86. The second kappa shape index (κ2) is 7.20. The van der Waals surface area contributed by atoms with Gasteiger partial charge >= 0.3 is 0 Å². The van der Waals surface area contributed by atoms with Crippen molar-refractivity contribution < 1.29 is 0 Å². The number of aromatic nitrogens is 2. The molecule has 0 amide bonds. The number of hydrogen-bond acceptors (Lipinski definition) is 4. The molecule has 1 aliphatic heterocycles. The predicted molar refractivity (Wildman–Crippen MR) is 82.6 cm³/mol. The first-order chi connectivity index (χ1) is 9.65. The third kappa shape index (κ3) is 3.59. The predicted octanol–water partition coefficient (Wildman–Crippen LogP) is 1.32.